The van der Waals surface area contributed by atoms with Crippen LogP contribution in [-0.4, -0.2) is 11.7 Å². The summed E-state index contributed by atoms with van der Waals surface area (Å²) in [5, 5.41) is 7.57. The molecule has 1 nitrogen and oxygen atoms in total. The first-order valence-corrected chi connectivity index (χ1v) is 2.92. The van der Waals surface area contributed by atoms with Gasteiger partial charge >= 0.3 is 0 Å². The average Bonchev–Trinajstić information content (AvgIpc) is 1.69. The molecule has 8 heavy (non-hydrogen) atoms. The van der Waals surface area contributed by atoms with Crippen molar-refractivity contribution in [1.29, 1.82) is 0 Å². The minimum atomic E-state index is 0.250. The largest absolute Gasteiger partial charge is 0.397 e. The second kappa shape index (κ2) is 9.85. The van der Waals surface area contributed by atoms with Gasteiger partial charge in [-0.05, 0) is 12.8 Å². The first kappa shape index (κ1) is 10.6. The summed E-state index contributed by atoms with van der Waals surface area (Å²) < 4.78 is 0. The minimum Gasteiger partial charge on any atom is -0.397 e. The number of allylic oxidation sites excluding steroid dienone is 1. The Morgan fingerprint density at radius 1 is 1.62 bits per heavy atom. The molecule has 0 aliphatic carbocycles. The zero-order chi connectivity index (χ0) is 6.99. The van der Waals surface area contributed by atoms with E-state index in [1.54, 1.807) is 6.92 Å². The lowest BCUT2D eigenvalue weighted by atomic mass is 10.2. The standard InChI is InChI=1S/C5H10.C2H6O/c1-4-5(2)3;1-2-3/h4-5H,1H2,2-3H3;3H,2H2,1H3. The van der Waals surface area contributed by atoms with Crippen molar-refractivity contribution < 1.29 is 5.11 Å². The summed E-state index contributed by atoms with van der Waals surface area (Å²) in [6, 6.07) is 0. The van der Waals surface area contributed by atoms with Crippen LogP contribution in [0, 0.1) is 5.92 Å². The highest BCUT2D eigenvalue weighted by atomic mass is 16.2. The summed E-state index contributed by atoms with van der Waals surface area (Å²) in [5.41, 5.74) is 0. The van der Waals surface area contributed by atoms with Gasteiger partial charge < -0.3 is 5.11 Å². The third-order valence-corrected chi connectivity index (χ3v) is 0.471. The van der Waals surface area contributed by atoms with Crippen LogP contribution in [0.3, 0.4) is 0 Å². The monoisotopic (exact) mass is 116 g/mol. The van der Waals surface area contributed by atoms with Gasteiger partial charge in [0.15, 0.2) is 0 Å². The molecule has 0 saturated heterocycles. The minimum absolute atomic E-state index is 0.250. The molecule has 0 aromatic carbocycles. The molecule has 1 heteroatoms. The molecule has 0 fully saturated rings. The van der Waals surface area contributed by atoms with E-state index in [2.05, 4.69) is 20.4 Å². The van der Waals surface area contributed by atoms with Crippen LogP contribution < -0.4 is 0 Å². The van der Waals surface area contributed by atoms with Gasteiger partial charge in [0.2, 0.25) is 0 Å². The van der Waals surface area contributed by atoms with Crippen molar-refractivity contribution in [3.05, 3.63) is 12.7 Å². The summed E-state index contributed by atoms with van der Waals surface area (Å²) in [7, 11) is 0. The van der Waals surface area contributed by atoms with Gasteiger partial charge in [-0.2, -0.15) is 0 Å². The maximum Gasteiger partial charge on any atom is 0.0402 e. The van der Waals surface area contributed by atoms with E-state index in [1.807, 2.05) is 6.08 Å². The summed E-state index contributed by atoms with van der Waals surface area (Å²) in [6.07, 6.45) is 1.92. The van der Waals surface area contributed by atoms with Gasteiger partial charge in [0.25, 0.3) is 0 Å². The van der Waals surface area contributed by atoms with Crippen molar-refractivity contribution >= 4 is 0 Å². The molecule has 0 aliphatic heterocycles. The van der Waals surface area contributed by atoms with Crippen LogP contribution in [0.15, 0.2) is 12.7 Å². The van der Waals surface area contributed by atoms with Gasteiger partial charge in [-0.25, -0.2) is 0 Å². The lowest BCUT2D eigenvalue weighted by molar-refractivity contribution is 0.318. The van der Waals surface area contributed by atoms with E-state index in [1.165, 1.54) is 0 Å². The average molecular weight is 116 g/mol. The smallest absolute Gasteiger partial charge is 0.0402 e. The Bertz CT molecular complexity index is 39.7. The second-order valence-electron chi connectivity index (χ2n) is 1.80. The number of aliphatic hydroxyl groups excluding tert-OH is 1. The zero-order valence-corrected chi connectivity index (χ0v) is 6.02. The van der Waals surface area contributed by atoms with E-state index in [-0.39, 0.29) is 6.61 Å². The molecule has 50 valence electrons. The van der Waals surface area contributed by atoms with Gasteiger partial charge in [-0.3, -0.25) is 0 Å². The van der Waals surface area contributed by atoms with Crippen molar-refractivity contribution in [1.82, 2.24) is 0 Å². The molecular formula is C7H16O. The van der Waals surface area contributed by atoms with Gasteiger partial charge in [-0.15, -0.1) is 6.58 Å². The summed E-state index contributed by atoms with van der Waals surface area (Å²) in [4.78, 5) is 0. The Morgan fingerprint density at radius 2 is 1.75 bits per heavy atom. The van der Waals surface area contributed by atoms with Crippen LogP contribution in [0.5, 0.6) is 0 Å². The SMILES string of the molecule is C=CC(C)C.CCO. The topological polar surface area (TPSA) is 20.2 Å². The van der Waals surface area contributed by atoms with E-state index in [0.29, 0.717) is 5.92 Å². The van der Waals surface area contributed by atoms with Gasteiger partial charge in [0, 0.05) is 6.61 Å². The quantitative estimate of drug-likeness (QED) is 0.518. The summed E-state index contributed by atoms with van der Waals surface area (Å²) in [5.74, 6) is 0.648. The molecule has 0 amide bonds. The van der Waals surface area contributed by atoms with E-state index in [9.17, 15) is 0 Å². The van der Waals surface area contributed by atoms with E-state index in [0.717, 1.165) is 0 Å². The highest BCUT2D eigenvalue weighted by molar-refractivity contribution is 4.69. The van der Waals surface area contributed by atoms with Crippen LogP contribution in [-0.2, 0) is 0 Å². The predicted octanol–water partition coefficient (Wildman–Crippen LogP) is 1.83. The maximum absolute atomic E-state index is 7.57. The fourth-order valence-corrected chi connectivity index (χ4v) is 0. The Hall–Kier alpha value is -0.300. The number of hydrogen-bond donors (Lipinski definition) is 1. The first-order valence-electron chi connectivity index (χ1n) is 2.92. The van der Waals surface area contributed by atoms with Crippen molar-refractivity contribution in [3.63, 3.8) is 0 Å². The Kier molecular flexibility index (Phi) is 13.1. The fourth-order valence-electron chi connectivity index (χ4n) is 0. The maximum atomic E-state index is 7.57. The van der Waals surface area contributed by atoms with Gasteiger partial charge in [0.1, 0.15) is 0 Å². The molecule has 0 aliphatic rings. The Balaban J connectivity index is 0. The molecule has 0 radical (unpaired) electrons. The van der Waals surface area contributed by atoms with Gasteiger partial charge in [-0.1, -0.05) is 19.9 Å². The normalized spacial score (nSPS) is 7.62. The van der Waals surface area contributed by atoms with Crippen LogP contribution in [0.2, 0.25) is 0 Å². The molecule has 0 rings (SSSR count). The fraction of sp³-hybridized carbons (Fsp3) is 0.714. The lowest BCUT2D eigenvalue weighted by Gasteiger charge is -1.84. The van der Waals surface area contributed by atoms with Crippen LogP contribution in [0.25, 0.3) is 0 Å². The summed E-state index contributed by atoms with van der Waals surface area (Å²) >= 11 is 0. The van der Waals surface area contributed by atoms with E-state index >= 15 is 0 Å². The molecular weight excluding hydrogens is 100 g/mol. The molecule has 0 heterocycles. The third kappa shape index (κ3) is 43.6. The second-order valence-corrected chi connectivity index (χ2v) is 1.80. The molecule has 0 bridgehead atoms. The van der Waals surface area contributed by atoms with Crippen LogP contribution in [0.1, 0.15) is 20.8 Å². The highest BCUT2D eigenvalue weighted by Crippen LogP contribution is 1.87. The van der Waals surface area contributed by atoms with Gasteiger partial charge in [0.05, 0.1) is 0 Å². The highest BCUT2D eigenvalue weighted by Gasteiger charge is 1.73. The summed E-state index contributed by atoms with van der Waals surface area (Å²) in [6.45, 7) is 9.70. The Morgan fingerprint density at radius 3 is 1.75 bits per heavy atom. The molecule has 0 aromatic heterocycles. The molecule has 0 saturated carbocycles. The van der Waals surface area contributed by atoms with Crippen molar-refractivity contribution in [2.24, 2.45) is 5.92 Å². The van der Waals surface area contributed by atoms with Crippen LogP contribution in [0.4, 0.5) is 0 Å². The molecule has 0 unspecified atom stereocenters. The predicted molar refractivity (Wildman–Crippen MR) is 37.8 cm³/mol. The lowest BCUT2D eigenvalue weighted by Crippen LogP contribution is -1.71. The van der Waals surface area contributed by atoms with E-state index < -0.39 is 0 Å². The number of hydrogen-bond acceptors (Lipinski definition) is 1. The van der Waals surface area contributed by atoms with E-state index in [4.69, 9.17) is 5.11 Å². The molecule has 0 spiro atoms. The molecule has 0 atom stereocenters. The number of rotatable bonds is 1. The first-order chi connectivity index (χ1) is 3.68. The third-order valence-electron chi connectivity index (χ3n) is 0.471. The van der Waals surface area contributed by atoms with Crippen molar-refractivity contribution in [2.45, 2.75) is 20.8 Å². The van der Waals surface area contributed by atoms with Crippen molar-refractivity contribution in [3.8, 4) is 0 Å². The van der Waals surface area contributed by atoms with Crippen LogP contribution >= 0.6 is 0 Å². The Labute approximate surface area is 52.0 Å². The zero-order valence-electron chi connectivity index (χ0n) is 6.02. The number of aliphatic hydroxyl groups is 1. The molecule has 1 N–H and O–H groups in total. The molecule has 0 aromatic rings. The van der Waals surface area contributed by atoms with Crippen molar-refractivity contribution in [2.75, 3.05) is 6.61 Å².